The van der Waals surface area contributed by atoms with Crippen molar-refractivity contribution in [2.75, 3.05) is 12.0 Å². The van der Waals surface area contributed by atoms with Crippen LogP contribution in [-0.4, -0.2) is 28.9 Å². The number of carbonyl (C=O) groups excluding carboxylic acids is 2. The molecule has 6 nitrogen and oxygen atoms in total. The van der Waals surface area contributed by atoms with E-state index in [0.717, 1.165) is 0 Å². The molecule has 0 aliphatic carbocycles. The lowest BCUT2D eigenvalue weighted by atomic mass is 9.95. The Kier molecular flexibility index (Phi) is 5.91. The van der Waals surface area contributed by atoms with Gasteiger partial charge in [0.05, 0.1) is 23.7 Å². The van der Waals surface area contributed by atoms with Crippen molar-refractivity contribution < 1.29 is 19.4 Å². The summed E-state index contributed by atoms with van der Waals surface area (Å²) in [5, 5.41) is 11.9. The first-order valence-corrected chi connectivity index (χ1v) is 10.4. The molecule has 0 saturated carbocycles. The van der Waals surface area contributed by atoms with E-state index in [1.54, 1.807) is 61.8 Å². The summed E-state index contributed by atoms with van der Waals surface area (Å²) in [5.74, 6) is -1.56. The molecule has 0 bridgehead atoms. The highest BCUT2D eigenvalue weighted by molar-refractivity contribution is 6.52. The summed E-state index contributed by atoms with van der Waals surface area (Å²) >= 11 is 12.6. The number of anilines is 1. The Hall–Kier alpha value is -3.35. The molecular formula is C24H18Cl2N2O4. The molecule has 4 rings (SSSR count). The first-order chi connectivity index (χ1) is 15.3. The van der Waals surface area contributed by atoms with Crippen molar-refractivity contribution >= 4 is 46.3 Å². The summed E-state index contributed by atoms with van der Waals surface area (Å²) in [5.41, 5.74) is 1.80. The molecule has 1 atom stereocenters. The van der Waals surface area contributed by atoms with Gasteiger partial charge in [-0.3, -0.25) is 19.5 Å². The maximum absolute atomic E-state index is 13.2. The fraction of sp³-hybridized carbons (Fsp3) is 0.125. The lowest BCUT2D eigenvalue weighted by Crippen LogP contribution is -2.30. The highest BCUT2D eigenvalue weighted by Gasteiger charge is 2.47. The Balaban J connectivity index is 2.00. The van der Waals surface area contributed by atoms with Crippen LogP contribution >= 0.6 is 23.2 Å². The predicted octanol–water partition coefficient (Wildman–Crippen LogP) is 5.33. The number of rotatable bonds is 4. The second kappa shape index (κ2) is 8.65. The Morgan fingerprint density at radius 2 is 1.78 bits per heavy atom. The summed E-state index contributed by atoms with van der Waals surface area (Å²) in [6.45, 7) is 1.76. The second-order valence-electron chi connectivity index (χ2n) is 7.18. The summed E-state index contributed by atoms with van der Waals surface area (Å²) in [4.78, 5) is 31.8. The van der Waals surface area contributed by atoms with Crippen LogP contribution in [0.4, 0.5) is 5.69 Å². The van der Waals surface area contributed by atoms with E-state index in [-0.39, 0.29) is 16.2 Å². The molecule has 0 spiro atoms. The zero-order valence-corrected chi connectivity index (χ0v) is 18.7. The number of nitrogens with zero attached hydrogens (tertiary/aromatic N) is 2. The summed E-state index contributed by atoms with van der Waals surface area (Å²) in [6.07, 6.45) is 3.11. The molecule has 32 heavy (non-hydrogen) atoms. The molecule has 2 heterocycles. The largest absolute Gasteiger partial charge is 0.507 e. The molecule has 3 aromatic rings. The zero-order chi connectivity index (χ0) is 23.0. The minimum absolute atomic E-state index is 0.0873. The van der Waals surface area contributed by atoms with E-state index in [9.17, 15) is 14.7 Å². The maximum atomic E-state index is 13.2. The Morgan fingerprint density at radius 3 is 2.47 bits per heavy atom. The van der Waals surface area contributed by atoms with Gasteiger partial charge in [0.25, 0.3) is 11.7 Å². The third kappa shape index (κ3) is 3.61. The minimum atomic E-state index is -0.905. The third-order valence-electron chi connectivity index (χ3n) is 5.39. The number of aliphatic hydroxyl groups is 1. The molecule has 1 aliphatic heterocycles. The number of hydrogen-bond donors (Lipinski definition) is 1. The van der Waals surface area contributed by atoms with Crippen LogP contribution in [0, 0.1) is 6.92 Å². The highest BCUT2D eigenvalue weighted by Crippen LogP contribution is 2.44. The molecule has 1 amide bonds. The normalized spacial score (nSPS) is 17.6. The topological polar surface area (TPSA) is 79.7 Å². The van der Waals surface area contributed by atoms with Crippen molar-refractivity contribution in [1.82, 2.24) is 4.98 Å². The van der Waals surface area contributed by atoms with E-state index in [0.29, 0.717) is 27.6 Å². The van der Waals surface area contributed by atoms with Crippen LogP contribution in [0.5, 0.6) is 5.75 Å². The van der Waals surface area contributed by atoms with Crippen LogP contribution in [0.3, 0.4) is 0 Å². The van der Waals surface area contributed by atoms with E-state index in [1.165, 1.54) is 18.1 Å². The number of pyridine rings is 1. The number of carbonyl (C=O) groups is 2. The molecule has 1 saturated heterocycles. The zero-order valence-electron chi connectivity index (χ0n) is 17.2. The van der Waals surface area contributed by atoms with Crippen molar-refractivity contribution in [1.29, 1.82) is 0 Å². The molecule has 1 fully saturated rings. The van der Waals surface area contributed by atoms with Gasteiger partial charge >= 0.3 is 0 Å². The number of benzene rings is 2. The monoisotopic (exact) mass is 468 g/mol. The third-order valence-corrected chi connectivity index (χ3v) is 6.13. The predicted molar refractivity (Wildman–Crippen MR) is 123 cm³/mol. The van der Waals surface area contributed by atoms with Crippen LogP contribution in [0.2, 0.25) is 10.0 Å². The van der Waals surface area contributed by atoms with Gasteiger partial charge in [-0.2, -0.15) is 0 Å². The first-order valence-electron chi connectivity index (χ1n) is 9.65. The number of Topliss-reactive ketones (excluding diaryl/α,β-unsaturated/α-hetero) is 1. The standard InChI is InChI=1S/C24H18Cl2N2O4/c1-13-17(25)4-3-5-19(13)28-21(14-8-10-27-11-9-14)20(23(30)24(28)31)22(29)16-12-15(32-2)6-7-18(16)26/h3-12,21,29H,1-2H3/b22-20+. The number of hydrogen-bond acceptors (Lipinski definition) is 5. The summed E-state index contributed by atoms with van der Waals surface area (Å²) in [7, 11) is 1.48. The quantitative estimate of drug-likeness (QED) is 0.317. The SMILES string of the molecule is COc1ccc(Cl)c(/C(O)=C2\C(=O)C(=O)N(c3cccc(Cl)c3C)C2c2ccncc2)c1. The lowest BCUT2D eigenvalue weighted by molar-refractivity contribution is -0.132. The van der Waals surface area contributed by atoms with Gasteiger partial charge in [-0.25, -0.2) is 0 Å². The Labute approximate surface area is 194 Å². The molecule has 1 unspecified atom stereocenters. The molecular weight excluding hydrogens is 451 g/mol. The fourth-order valence-electron chi connectivity index (χ4n) is 3.76. The number of halogens is 2. The number of ketones is 1. The minimum Gasteiger partial charge on any atom is -0.507 e. The van der Waals surface area contributed by atoms with E-state index in [4.69, 9.17) is 27.9 Å². The van der Waals surface area contributed by atoms with Crippen LogP contribution in [0.15, 0.2) is 66.5 Å². The van der Waals surface area contributed by atoms with E-state index in [2.05, 4.69) is 4.98 Å². The number of aliphatic hydroxyl groups excluding tert-OH is 1. The smallest absolute Gasteiger partial charge is 0.300 e. The van der Waals surface area contributed by atoms with Gasteiger partial charge < -0.3 is 9.84 Å². The van der Waals surface area contributed by atoms with Crippen molar-refractivity contribution in [3.05, 3.63) is 93.2 Å². The van der Waals surface area contributed by atoms with E-state index < -0.39 is 23.5 Å². The van der Waals surface area contributed by atoms with Crippen LogP contribution < -0.4 is 9.64 Å². The van der Waals surface area contributed by atoms with Gasteiger partial charge in [0.1, 0.15) is 11.5 Å². The lowest BCUT2D eigenvalue weighted by Gasteiger charge is -2.27. The highest BCUT2D eigenvalue weighted by atomic mass is 35.5. The van der Waals surface area contributed by atoms with Gasteiger partial charge in [0.2, 0.25) is 0 Å². The number of amides is 1. The van der Waals surface area contributed by atoms with Gasteiger partial charge in [0.15, 0.2) is 0 Å². The summed E-state index contributed by atoms with van der Waals surface area (Å²) < 4.78 is 5.22. The van der Waals surface area contributed by atoms with Crippen LogP contribution in [-0.2, 0) is 9.59 Å². The second-order valence-corrected chi connectivity index (χ2v) is 7.99. The van der Waals surface area contributed by atoms with Gasteiger partial charge in [-0.1, -0.05) is 29.3 Å². The Morgan fingerprint density at radius 1 is 1.06 bits per heavy atom. The molecule has 8 heteroatoms. The maximum Gasteiger partial charge on any atom is 0.300 e. The van der Waals surface area contributed by atoms with E-state index in [1.807, 2.05) is 0 Å². The van der Waals surface area contributed by atoms with Crippen LogP contribution in [0.25, 0.3) is 5.76 Å². The number of ether oxygens (including phenoxy) is 1. The first kappa shape index (κ1) is 21.9. The molecule has 1 N–H and O–H groups in total. The molecule has 162 valence electrons. The molecule has 1 aliphatic rings. The fourth-order valence-corrected chi connectivity index (χ4v) is 4.13. The van der Waals surface area contributed by atoms with Crippen molar-refractivity contribution in [3.8, 4) is 5.75 Å². The Bertz CT molecular complexity index is 1260. The van der Waals surface area contributed by atoms with Crippen molar-refractivity contribution in [3.63, 3.8) is 0 Å². The van der Waals surface area contributed by atoms with Gasteiger partial charge in [0, 0.05) is 28.7 Å². The van der Waals surface area contributed by atoms with Gasteiger partial charge in [-0.05, 0) is 60.5 Å². The summed E-state index contributed by atoms with van der Waals surface area (Å²) in [6, 6.07) is 12.3. The average Bonchev–Trinajstić information content (AvgIpc) is 3.06. The number of methoxy groups -OCH3 is 1. The molecule has 0 radical (unpaired) electrons. The molecule has 1 aromatic heterocycles. The van der Waals surface area contributed by atoms with Crippen molar-refractivity contribution in [2.45, 2.75) is 13.0 Å². The molecule has 2 aromatic carbocycles. The van der Waals surface area contributed by atoms with Gasteiger partial charge in [-0.15, -0.1) is 0 Å². The van der Waals surface area contributed by atoms with Crippen LogP contribution in [0.1, 0.15) is 22.7 Å². The van der Waals surface area contributed by atoms with Crippen molar-refractivity contribution in [2.24, 2.45) is 0 Å². The average molecular weight is 469 g/mol. The number of aromatic nitrogens is 1. The van der Waals surface area contributed by atoms with E-state index >= 15 is 0 Å².